The first-order valence-corrected chi connectivity index (χ1v) is 11.7. The van der Waals surface area contributed by atoms with Gasteiger partial charge in [-0.3, -0.25) is 0 Å². The fourth-order valence-corrected chi connectivity index (χ4v) is 3.90. The summed E-state index contributed by atoms with van der Waals surface area (Å²) in [6.45, 7) is 0.482. The van der Waals surface area contributed by atoms with Crippen LogP contribution >= 0.6 is 0 Å². The Hall–Kier alpha value is -4.73. The van der Waals surface area contributed by atoms with Crippen molar-refractivity contribution < 1.29 is 32.3 Å². The lowest BCUT2D eigenvalue weighted by Crippen LogP contribution is -2.37. The number of nitrogens with one attached hydrogen (secondary N) is 1. The zero-order valence-corrected chi connectivity index (χ0v) is 19.9. The van der Waals surface area contributed by atoms with Gasteiger partial charge in [-0.2, -0.15) is 18.2 Å². The third kappa shape index (κ3) is 5.64. The van der Waals surface area contributed by atoms with E-state index in [0.717, 1.165) is 16.2 Å². The molecule has 2 heterocycles. The maximum absolute atomic E-state index is 13.1. The maximum atomic E-state index is 13.1. The fraction of sp³-hybridized carbons (Fsp3) is 0.143. The molecule has 4 aromatic rings. The first kappa shape index (κ1) is 24.9. The van der Waals surface area contributed by atoms with Gasteiger partial charge in [0.15, 0.2) is 12.0 Å². The van der Waals surface area contributed by atoms with E-state index in [1.54, 1.807) is 18.2 Å². The van der Waals surface area contributed by atoms with Crippen LogP contribution in [0, 0.1) is 0 Å². The number of alkyl halides is 3. The molecular weight excluding hydrogens is 499 g/mol. The van der Waals surface area contributed by atoms with Crippen LogP contribution in [0.4, 0.5) is 24.7 Å². The van der Waals surface area contributed by atoms with Gasteiger partial charge in [-0.1, -0.05) is 60.7 Å². The third-order valence-electron chi connectivity index (χ3n) is 5.71. The average Bonchev–Trinajstić information content (AvgIpc) is 3.29. The first-order valence-electron chi connectivity index (χ1n) is 11.7. The van der Waals surface area contributed by atoms with Gasteiger partial charge < -0.3 is 19.6 Å². The number of pyridine rings is 1. The molecule has 0 saturated carbocycles. The Morgan fingerprint density at radius 1 is 0.868 bits per heavy atom. The van der Waals surface area contributed by atoms with Crippen molar-refractivity contribution in [2.45, 2.75) is 25.6 Å². The van der Waals surface area contributed by atoms with E-state index in [1.807, 2.05) is 60.7 Å². The lowest BCUT2D eigenvalue weighted by Gasteiger charge is -2.27. The SMILES string of the molecule is O=C(ON1c2cccnc2NC1c1cc(OCc2ccccc2)ccc1OCc1ccccc1)C(F)(F)F. The minimum absolute atomic E-state index is 0.166. The standard InChI is InChI=1S/C28H22F3N3O4/c29-28(30,31)27(35)38-34-23-12-7-15-32-25(23)33-26(34)22-16-21(36-17-19-8-3-1-4-9-19)13-14-24(22)37-18-20-10-5-2-6-11-20/h1-16,26H,17-18H2,(H,32,33). The summed E-state index contributed by atoms with van der Waals surface area (Å²) in [4.78, 5) is 20.8. The fourth-order valence-electron chi connectivity index (χ4n) is 3.90. The molecule has 0 bridgehead atoms. The number of fused-ring (bicyclic) bond motifs is 1. The molecule has 0 spiro atoms. The number of hydroxylamine groups is 1. The van der Waals surface area contributed by atoms with E-state index in [2.05, 4.69) is 10.3 Å². The molecule has 1 N–H and O–H groups in total. The quantitative estimate of drug-likeness (QED) is 0.296. The number of anilines is 2. The van der Waals surface area contributed by atoms with Crippen LogP contribution < -0.4 is 19.9 Å². The van der Waals surface area contributed by atoms with Crippen molar-refractivity contribution in [1.29, 1.82) is 0 Å². The van der Waals surface area contributed by atoms with Crippen molar-refractivity contribution in [3.05, 3.63) is 114 Å². The van der Waals surface area contributed by atoms with Gasteiger partial charge in [-0.15, -0.1) is 0 Å². The van der Waals surface area contributed by atoms with Crippen LogP contribution in [0.3, 0.4) is 0 Å². The van der Waals surface area contributed by atoms with Gasteiger partial charge in [0.05, 0.1) is 0 Å². The number of carbonyl (C=O) groups excluding carboxylic acids is 1. The van der Waals surface area contributed by atoms with Gasteiger partial charge >= 0.3 is 12.1 Å². The number of benzene rings is 3. The summed E-state index contributed by atoms with van der Waals surface area (Å²) < 4.78 is 51.4. The summed E-state index contributed by atoms with van der Waals surface area (Å²) in [5.74, 6) is -1.30. The zero-order valence-electron chi connectivity index (χ0n) is 19.9. The number of carbonyl (C=O) groups is 1. The Kier molecular flexibility index (Phi) is 7.03. The second-order valence-electron chi connectivity index (χ2n) is 8.37. The number of rotatable bonds is 8. The minimum Gasteiger partial charge on any atom is -0.489 e. The van der Waals surface area contributed by atoms with Crippen molar-refractivity contribution >= 4 is 17.5 Å². The molecule has 1 unspecified atom stereocenters. The van der Waals surface area contributed by atoms with Gasteiger partial charge in [0.2, 0.25) is 0 Å². The number of halogens is 3. The Balaban J connectivity index is 1.49. The molecule has 38 heavy (non-hydrogen) atoms. The molecule has 194 valence electrons. The highest BCUT2D eigenvalue weighted by Gasteiger charge is 2.46. The van der Waals surface area contributed by atoms with E-state index in [0.29, 0.717) is 17.1 Å². The second kappa shape index (κ2) is 10.7. The molecular formula is C28H22F3N3O4. The predicted molar refractivity (Wildman–Crippen MR) is 133 cm³/mol. The summed E-state index contributed by atoms with van der Waals surface area (Å²) >= 11 is 0. The van der Waals surface area contributed by atoms with Crippen molar-refractivity contribution in [3.8, 4) is 11.5 Å². The van der Waals surface area contributed by atoms with E-state index < -0.39 is 18.3 Å². The molecule has 0 saturated heterocycles. The lowest BCUT2D eigenvalue weighted by atomic mass is 10.1. The highest BCUT2D eigenvalue weighted by atomic mass is 19.4. The Morgan fingerprint density at radius 2 is 1.53 bits per heavy atom. The van der Waals surface area contributed by atoms with Crippen LogP contribution in [0.2, 0.25) is 0 Å². The number of hydrogen-bond acceptors (Lipinski definition) is 7. The van der Waals surface area contributed by atoms with Crippen LogP contribution in [0.1, 0.15) is 22.9 Å². The topological polar surface area (TPSA) is 72.9 Å². The molecule has 10 heteroatoms. The van der Waals surface area contributed by atoms with Crippen molar-refractivity contribution in [1.82, 2.24) is 4.98 Å². The predicted octanol–water partition coefficient (Wildman–Crippen LogP) is 6.19. The molecule has 1 aromatic heterocycles. The zero-order chi connectivity index (χ0) is 26.5. The number of aromatic nitrogens is 1. The Morgan fingerprint density at radius 3 is 2.18 bits per heavy atom. The van der Waals surface area contributed by atoms with Gasteiger partial charge in [-0.25, -0.2) is 9.78 Å². The van der Waals surface area contributed by atoms with Crippen LogP contribution in [0.15, 0.2) is 97.2 Å². The summed E-state index contributed by atoms with van der Waals surface area (Å²) in [6, 6.07) is 27.0. The largest absolute Gasteiger partial charge is 0.493 e. The highest BCUT2D eigenvalue weighted by Crippen LogP contribution is 2.44. The lowest BCUT2D eigenvalue weighted by molar-refractivity contribution is -0.201. The molecule has 0 amide bonds. The monoisotopic (exact) mass is 521 g/mol. The van der Waals surface area contributed by atoms with Gasteiger partial charge in [0.1, 0.15) is 30.4 Å². The van der Waals surface area contributed by atoms with Gasteiger partial charge in [-0.05, 0) is 41.5 Å². The summed E-state index contributed by atoms with van der Waals surface area (Å²) in [7, 11) is 0. The molecule has 7 nitrogen and oxygen atoms in total. The normalized spacial score (nSPS) is 14.4. The summed E-state index contributed by atoms with van der Waals surface area (Å²) in [5, 5.41) is 3.88. The second-order valence-corrected chi connectivity index (χ2v) is 8.37. The van der Waals surface area contributed by atoms with E-state index in [1.165, 1.54) is 18.3 Å². The molecule has 0 radical (unpaired) electrons. The minimum atomic E-state index is -5.19. The van der Waals surface area contributed by atoms with E-state index in [-0.39, 0.29) is 24.7 Å². The van der Waals surface area contributed by atoms with Gasteiger partial charge in [0.25, 0.3) is 0 Å². The number of nitrogens with zero attached hydrogens (tertiary/aromatic N) is 2. The summed E-state index contributed by atoms with van der Waals surface area (Å²) in [6.07, 6.45) is -4.79. The number of hydrogen-bond donors (Lipinski definition) is 1. The first-order chi connectivity index (χ1) is 18.4. The molecule has 5 rings (SSSR count). The highest BCUT2D eigenvalue weighted by molar-refractivity contribution is 5.80. The Bertz CT molecular complexity index is 1400. The van der Waals surface area contributed by atoms with Crippen LogP contribution in [0.25, 0.3) is 0 Å². The Labute approximate surface area is 216 Å². The molecule has 1 aliphatic heterocycles. The molecule has 1 aliphatic rings. The van der Waals surface area contributed by atoms with E-state index in [9.17, 15) is 18.0 Å². The number of ether oxygens (including phenoxy) is 2. The smallest absolute Gasteiger partial charge is 0.489 e. The molecule has 1 atom stereocenters. The van der Waals surface area contributed by atoms with Crippen molar-refractivity contribution in [2.75, 3.05) is 10.4 Å². The van der Waals surface area contributed by atoms with E-state index >= 15 is 0 Å². The van der Waals surface area contributed by atoms with Crippen molar-refractivity contribution in [3.63, 3.8) is 0 Å². The van der Waals surface area contributed by atoms with Crippen LogP contribution in [-0.4, -0.2) is 17.1 Å². The molecule has 3 aromatic carbocycles. The van der Waals surface area contributed by atoms with E-state index in [4.69, 9.17) is 14.3 Å². The average molecular weight is 521 g/mol. The van der Waals surface area contributed by atoms with Crippen molar-refractivity contribution in [2.24, 2.45) is 0 Å². The van der Waals surface area contributed by atoms with Gasteiger partial charge in [0, 0.05) is 11.8 Å². The third-order valence-corrected chi connectivity index (χ3v) is 5.71. The van der Waals surface area contributed by atoms with Crippen LogP contribution in [-0.2, 0) is 22.8 Å². The summed E-state index contributed by atoms with van der Waals surface area (Å²) in [5.41, 5.74) is 2.39. The maximum Gasteiger partial charge on any atom is 0.493 e. The molecule has 0 aliphatic carbocycles. The molecule has 0 fully saturated rings. The van der Waals surface area contributed by atoms with Crippen LogP contribution in [0.5, 0.6) is 11.5 Å².